The Morgan fingerprint density at radius 2 is 1.91 bits per heavy atom. The maximum absolute atomic E-state index is 13.2. The molecule has 12 heteroatoms. The van der Waals surface area contributed by atoms with E-state index in [2.05, 4.69) is 10.5 Å². The first-order valence-electron chi connectivity index (χ1n) is 14.1. The number of aryl methyl sites for hydroxylation is 1. The van der Waals surface area contributed by atoms with Crippen LogP contribution in [0.5, 0.6) is 5.75 Å². The molecule has 1 aromatic heterocycles. The zero-order chi connectivity index (χ0) is 31.1. The number of imidazole rings is 1. The molecule has 0 amide bonds. The first-order chi connectivity index (χ1) is 20.7. The highest BCUT2D eigenvalue weighted by molar-refractivity contribution is 6.38. The lowest BCUT2D eigenvalue weighted by Gasteiger charge is -2.40. The minimum absolute atomic E-state index is 0.0280. The second-order valence-electron chi connectivity index (χ2n) is 10.3. The summed E-state index contributed by atoms with van der Waals surface area (Å²) in [7, 11) is 1.28. The van der Waals surface area contributed by atoms with Gasteiger partial charge in [0.05, 0.1) is 33.2 Å². The van der Waals surface area contributed by atoms with Gasteiger partial charge in [-0.05, 0) is 43.5 Å². The molecule has 0 unspecified atom stereocenters. The molecular weight excluding hydrogens is 599 g/mol. The lowest BCUT2D eigenvalue weighted by molar-refractivity contribution is -0.293. The van der Waals surface area contributed by atoms with Gasteiger partial charge >= 0.3 is 5.97 Å². The Kier molecular flexibility index (Phi) is 11.7. The van der Waals surface area contributed by atoms with Crippen molar-refractivity contribution in [2.45, 2.75) is 82.9 Å². The van der Waals surface area contributed by atoms with Crippen molar-refractivity contribution in [1.29, 1.82) is 0 Å². The van der Waals surface area contributed by atoms with E-state index in [-0.39, 0.29) is 28.0 Å². The van der Waals surface area contributed by atoms with Crippen molar-refractivity contribution < 1.29 is 39.1 Å². The van der Waals surface area contributed by atoms with Crippen LogP contribution in [-0.4, -0.2) is 75.3 Å². The molecule has 43 heavy (non-hydrogen) atoms. The lowest BCUT2D eigenvalue weighted by Crippen LogP contribution is -2.60. The largest absolute Gasteiger partial charge is 0.483 e. The Morgan fingerprint density at radius 3 is 2.63 bits per heavy atom. The molecule has 3 N–H and O–H groups in total. The van der Waals surface area contributed by atoms with Gasteiger partial charge in [-0.2, -0.15) is 0 Å². The van der Waals surface area contributed by atoms with E-state index in [0.29, 0.717) is 11.4 Å². The molecule has 1 saturated heterocycles. The highest BCUT2D eigenvalue weighted by Crippen LogP contribution is 2.39. The van der Waals surface area contributed by atoms with Crippen LogP contribution in [0.25, 0.3) is 11.0 Å². The minimum atomic E-state index is -1.57. The molecule has 0 aliphatic carbocycles. The predicted molar refractivity (Wildman–Crippen MR) is 161 cm³/mol. The monoisotopic (exact) mass is 634 g/mol. The maximum atomic E-state index is 13.2. The topological polar surface area (TPSA) is 132 Å². The van der Waals surface area contributed by atoms with Crippen LogP contribution in [0, 0.1) is 19.3 Å². The van der Waals surface area contributed by atoms with Crippen LogP contribution in [-0.2, 0) is 27.4 Å². The highest BCUT2D eigenvalue weighted by atomic mass is 35.5. The summed E-state index contributed by atoms with van der Waals surface area (Å²) in [6.07, 6.45) is 3.40. The molecule has 0 bridgehead atoms. The number of nitrogens with zero attached hydrogens (tertiary/aromatic N) is 2. The number of para-hydroxylation sites is 2. The minimum Gasteiger partial charge on any atom is -0.483 e. The van der Waals surface area contributed by atoms with Crippen molar-refractivity contribution in [3.05, 3.63) is 57.3 Å². The second kappa shape index (κ2) is 15.2. The Labute approximate surface area is 260 Å². The van der Waals surface area contributed by atoms with Crippen LogP contribution in [0.1, 0.15) is 53.8 Å². The van der Waals surface area contributed by atoms with Gasteiger partial charge in [-0.15, -0.1) is 12.3 Å². The lowest BCUT2D eigenvalue weighted by atomic mass is 9.99. The quantitative estimate of drug-likeness (QED) is 0.142. The summed E-state index contributed by atoms with van der Waals surface area (Å²) in [5.74, 6) is 2.69. The molecule has 2 aromatic carbocycles. The van der Waals surface area contributed by atoms with E-state index < -0.39 is 43.3 Å². The number of carbonyl (C=O) groups excluding carboxylic acids is 1. The fraction of sp³-hybridized carbons (Fsp3) is 0.484. The molecular formula is C31H36Cl2N2O8. The average molecular weight is 636 g/mol. The standard InChI is InChI=1S/C31H36Cl2N2O8/c1-4-5-6-7-8-11-14-35-22-13-10-9-12-21(22)34-24(35)17-41-28-20(32)15-19(18(2)25(28)33)30(39)43-29-27(38)26(37)23(16-36)42-31(29)40-3/h1,9-10,12-13,15,23,26-27,29,31,36-38H,5-8,11,14,16-17H2,2-3H3/t23-,26-,27+,29-,31+/m1/s1. The smallest absolute Gasteiger partial charge is 0.339 e. The van der Waals surface area contributed by atoms with Crippen molar-refractivity contribution in [1.82, 2.24) is 9.55 Å². The third-order valence-electron chi connectivity index (χ3n) is 7.47. The average Bonchev–Trinajstić information content (AvgIpc) is 3.36. The first-order valence-corrected chi connectivity index (χ1v) is 14.8. The number of terminal acetylenes is 1. The molecule has 5 atom stereocenters. The number of carbonyl (C=O) groups is 1. The third-order valence-corrected chi connectivity index (χ3v) is 8.21. The zero-order valence-electron chi connectivity index (χ0n) is 24.0. The van der Waals surface area contributed by atoms with Gasteiger partial charge in [0, 0.05) is 20.1 Å². The van der Waals surface area contributed by atoms with Crippen molar-refractivity contribution in [3.8, 4) is 18.1 Å². The van der Waals surface area contributed by atoms with Gasteiger partial charge in [0.25, 0.3) is 0 Å². The first kappa shape index (κ1) is 33.0. The Balaban J connectivity index is 1.50. The summed E-state index contributed by atoms with van der Waals surface area (Å²) >= 11 is 13.2. The molecule has 2 heterocycles. The van der Waals surface area contributed by atoms with Gasteiger partial charge in [0.15, 0.2) is 18.1 Å². The number of hydrogen-bond donors (Lipinski definition) is 3. The van der Waals surface area contributed by atoms with Gasteiger partial charge in [-0.1, -0.05) is 48.2 Å². The van der Waals surface area contributed by atoms with E-state index in [4.69, 9.17) is 53.6 Å². The maximum Gasteiger partial charge on any atom is 0.339 e. The molecule has 0 spiro atoms. The van der Waals surface area contributed by atoms with E-state index in [1.807, 2.05) is 24.3 Å². The molecule has 1 aliphatic rings. The van der Waals surface area contributed by atoms with Crippen molar-refractivity contribution >= 4 is 40.2 Å². The Bertz CT molecular complexity index is 1450. The zero-order valence-corrected chi connectivity index (χ0v) is 25.6. The van der Waals surface area contributed by atoms with E-state index in [0.717, 1.165) is 49.7 Å². The molecule has 0 saturated carbocycles. The van der Waals surface area contributed by atoms with Crippen LogP contribution < -0.4 is 4.74 Å². The van der Waals surface area contributed by atoms with E-state index in [9.17, 15) is 20.1 Å². The number of halogens is 2. The number of fused-ring (bicyclic) bond motifs is 1. The number of methoxy groups -OCH3 is 1. The van der Waals surface area contributed by atoms with Crippen LogP contribution in [0.2, 0.25) is 10.0 Å². The summed E-state index contributed by atoms with van der Waals surface area (Å²) in [4.78, 5) is 17.9. The number of aliphatic hydroxyl groups is 3. The van der Waals surface area contributed by atoms with Gasteiger partial charge in [-0.25, -0.2) is 9.78 Å². The summed E-state index contributed by atoms with van der Waals surface area (Å²) in [5.41, 5.74) is 2.20. The number of unbranched alkanes of at least 4 members (excludes halogenated alkanes) is 4. The number of rotatable bonds is 13. The Hall–Kier alpha value is -2.88. The molecule has 4 rings (SSSR count). The summed E-state index contributed by atoms with van der Waals surface area (Å²) < 4.78 is 24.3. The number of benzene rings is 2. The fourth-order valence-corrected chi connectivity index (χ4v) is 5.63. The van der Waals surface area contributed by atoms with Gasteiger partial charge in [-0.3, -0.25) is 0 Å². The van der Waals surface area contributed by atoms with Crippen molar-refractivity contribution in [2.24, 2.45) is 0 Å². The summed E-state index contributed by atoms with van der Waals surface area (Å²) in [6, 6.07) is 9.21. The third kappa shape index (κ3) is 7.44. The molecule has 10 nitrogen and oxygen atoms in total. The number of aliphatic hydroxyl groups excluding tert-OH is 3. The van der Waals surface area contributed by atoms with Crippen molar-refractivity contribution in [3.63, 3.8) is 0 Å². The summed E-state index contributed by atoms with van der Waals surface area (Å²) in [5, 5.41) is 30.3. The molecule has 1 aliphatic heterocycles. The van der Waals surface area contributed by atoms with Gasteiger partial charge < -0.3 is 38.8 Å². The molecule has 0 radical (unpaired) electrons. The number of aromatic nitrogens is 2. The number of esters is 1. The highest BCUT2D eigenvalue weighted by Gasteiger charge is 2.47. The normalized spacial score (nSPS) is 22.0. The molecule has 232 valence electrons. The van der Waals surface area contributed by atoms with Gasteiger partial charge in [0.1, 0.15) is 30.7 Å². The second-order valence-corrected chi connectivity index (χ2v) is 11.1. The van der Waals surface area contributed by atoms with Crippen LogP contribution >= 0.6 is 23.2 Å². The van der Waals surface area contributed by atoms with Crippen LogP contribution in [0.15, 0.2) is 30.3 Å². The number of ether oxygens (including phenoxy) is 4. The van der Waals surface area contributed by atoms with Crippen molar-refractivity contribution in [2.75, 3.05) is 13.7 Å². The van der Waals surface area contributed by atoms with Crippen LogP contribution in [0.3, 0.4) is 0 Å². The van der Waals surface area contributed by atoms with Crippen LogP contribution in [0.4, 0.5) is 0 Å². The van der Waals surface area contributed by atoms with E-state index in [1.54, 1.807) is 6.92 Å². The number of hydrogen-bond acceptors (Lipinski definition) is 9. The molecule has 3 aromatic rings. The van der Waals surface area contributed by atoms with E-state index >= 15 is 0 Å². The van der Waals surface area contributed by atoms with E-state index in [1.165, 1.54) is 13.2 Å². The Morgan fingerprint density at radius 1 is 1.16 bits per heavy atom. The summed E-state index contributed by atoms with van der Waals surface area (Å²) in [6.45, 7) is 1.89. The predicted octanol–water partition coefficient (Wildman–Crippen LogP) is 4.43. The fourth-order valence-electron chi connectivity index (χ4n) is 5.07. The van der Waals surface area contributed by atoms with Gasteiger partial charge in [0.2, 0.25) is 0 Å². The SMILES string of the molecule is C#CCCCCCCn1c(COc2c(Cl)cc(C(=O)O[C@H]3[C@@H](OC)O[C@H](CO)[C@@H](O)[C@@H]3O)c(C)c2Cl)nc2ccccc21. The molecule has 1 fully saturated rings.